The molecule has 4 rings (SSSR count). The summed E-state index contributed by atoms with van der Waals surface area (Å²) in [7, 11) is 0. The van der Waals surface area contributed by atoms with Crippen LogP contribution in [0.3, 0.4) is 0 Å². The van der Waals surface area contributed by atoms with Gasteiger partial charge in [0.1, 0.15) is 5.82 Å². The largest absolute Gasteiger partial charge is 0.419 e. The molecule has 188 valence electrons. The molecule has 10 heteroatoms. The number of benzene rings is 3. The van der Waals surface area contributed by atoms with Gasteiger partial charge in [-0.25, -0.2) is 4.39 Å². The van der Waals surface area contributed by atoms with Crippen LogP contribution in [0.25, 0.3) is 0 Å². The fraction of sp³-hybridized carbons (Fsp3) is 0.231. The van der Waals surface area contributed by atoms with Crippen LogP contribution in [0.5, 0.6) is 0 Å². The third-order valence-electron chi connectivity index (χ3n) is 5.94. The van der Waals surface area contributed by atoms with Gasteiger partial charge in [-0.3, -0.25) is 9.59 Å². The van der Waals surface area contributed by atoms with E-state index in [9.17, 15) is 27.2 Å². The lowest BCUT2D eigenvalue weighted by atomic mass is 9.96. The van der Waals surface area contributed by atoms with E-state index in [-0.39, 0.29) is 24.3 Å². The Balaban J connectivity index is 1.45. The number of fused-ring (bicyclic) bond motifs is 1. The van der Waals surface area contributed by atoms with Crippen LogP contribution >= 0.6 is 23.2 Å². The van der Waals surface area contributed by atoms with Crippen molar-refractivity contribution < 1.29 is 27.2 Å². The van der Waals surface area contributed by atoms with Crippen LogP contribution in [-0.4, -0.2) is 23.3 Å². The molecule has 2 amide bonds. The van der Waals surface area contributed by atoms with Crippen LogP contribution in [0, 0.1) is 5.82 Å². The highest BCUT2D eigenvalue weighted by Crippen LogP contribution is 2.34. The van der Waals surface area contributed by atoms with Gasteiger partial charge >= 0.3 is 6.18 Å². The van der Waals surface area contributed by atoms with Crippen molar-refractivity contribution in [3.63, 3.8) is 0 Å². The molecule has 4 nitrogen and oxygen atoms in total. The van der Waals surface area contributed by atoms with Crippen molar-refractivity contribution in [3.8, 4) is 0 Å². The van der Waals surface area contributed by atoms with E-state index in [1.165, 1.54) is 0 Å². The second-order valence-electron chi connectivity index (χ2n) is 8.47. The number of anilines is 1. The van der Waals surface area contributed by atoms with E-state index in [1.807, 2.05) is 0 Å². The number of amides is 2. The third kappa shape index (κ3) is 5.99. The van der Waals surface area contributed by atoms with Crippen molar-refractivity contribution in [2.24, 2.45) is 0 Å². The molecule has 1 aliphatic heterocycles. The van der Waals surface area contributed by atoms with Crippen molar-refractivity contribution in [1.82, 2.24) is 4.90 Å². The summed E-state index contributed by atoms with van der Waals surface area (Å²) < 4.78 is 52.2. The maximum atomic E-state index is 13.9. The molecule has 0 saturated carbocycles. The summed E-state index contributed by atoms with van der Waals surface area (Å²) >= 11 is 12.2. The molecule has 0 aromatic heterocycles. The Kier molecular flexibility index (Phi) is 7.57. The summed E-state index contributed by atoms with van der Waals surface area (Å²) in [5.74, 6) is -2.04. The van der Waals surface area contributed by atoms with Crippen LogP contribution < -0.4 is 5.32 Å². The Morgan fingerprint density at radius 2 is 1.64 bits per heavy atom. The van der Waals surface area contributed by atoms with Crippen LogP contribution in [-0.2, 0) is 41.6 Å². The molecule has 1 N–H and O–H groups in total. The van der Waals surface area contributed by atoms with Crippen LogP contribution in [0.1, 0.15) is 27.8 Å². The molecule has 0 spiro atoms. The normalized spacial score (nSPS) is 13.3. The van der Waals surface area contributed by atoms with Crippen molar-refractivity contribution in [1.29, 1.82) is 0 Å². The van der Waals surface area contributed by atoms with E-state index in [2.05, 4.69) is 5.32 Å². The predicted octanol–water partition coefficient (Wildman–Crippen LogP) is 6.46. The first kappa shape index (κ1) is 26.0. The molecule has 0 fully saturated rings. The van der Waals surface area contributed by atoms with Gasteiger partial charge in [-0.15, -0.1) is 0 Å². The predicted molar refractivity (Wildman–Crippen MR) is 129 cm³/mol. The zero-order valence-electron chi connectivity index (χ0n) is 18.8. The zero-order chi connectivity index (χ0) is 26.0. The second kappa shape index (κ2) is 10.5. The maximum absolute atomic E-state index is 13.9. The fourth-order valence-electron chi connectivity index (χ4n) is 4.13. The molecular weight excluding hydrogens is 519 g/mol. The smallest absolute Gasteiger partial charge is 0.338 e. The number of hydrogen-bond acceptors (Lipinski definition) is 2. The van der Waals surface area contributed by atoms with Gasteiger partial charge in [0.05, 0.1) is 29.1 Å². The number of nitrogens with zero attached hydrogens (tertiary/aromatic N) is 1. The SMILES string of the molecule is O=C(Cc1ccc(C(F)(F)F)c(F)c1)Nc1c(Cl)ccc2c1CCN(C(=O)Cc1ccc(Cl)cc1)C2. The highest BCUT2D eigenvalue weighted by molar-refractivity contribution is 6.34. The molecule has 3 aromatic carbocycles. The fourth-order valence-corrected chi connectivity index (χ4v) is 4.48. The van der Waals surface area contributed by atoms with Crippen molar-refractivity contribution >= 4 is 40.7 Å². The van der Waals surface area contributed by atoms with E-state index in [1.54, 1.807) is 41.3 Å². The first-order valence-corrected chi connectivity index (χ1v) is 11.7. The van der Waals surface area contributed by atoms with E-state index in [0.29, 0.717) is 47.4 Å². The molecule has 0 bridgehead atoms. The summed E-state index contributed by atoms with van der Waals surface area (Å²) in [5, 5.41) is 3.59. The molecule has 0 unspecified atom stereocenters. The summed E-state index contributed by atoms with van der Waals surface area (Å²) in [6, 6.07) is 12.8. The standard InChI is InChI=1S/C26H20Cl2F4N2O2/c27-18-5-1-15(2-6-18)13-24(36)34-10-9-19-17(14-34)4-8-21(28)25(19)33-23(35)12-16-3-7-20(22(29)11-16)26(30,31)32/h1-8,11H,9-10,12-14H2,(H,33,35). The van der Waals surface area contributed by atoms with Gasteiger partial charge in [0.2, 0.25) is 11.8 Å². The van der Waals surface area contributed by atoms with Gasteiger partial charge in [-0.05, 0) is 59.0 Å². The summed E-state index contributed by atoms with van der Waals surface area (Å²) in [6.07, 6.45) is -4.47. The van der Waals surface area contributed by atoms with E-state index in [4.69, 9.17) is 23.2 Å². The topological polar surface area (TPSA) is 49.4 Å². The number of carbonyl (C=O) groups excluding carboxylic acids is 2. The second-order valence-corrected chi connectivity index (χ2v) is 9.31. The van der Waals surface area contributed by atoms with Crippen LogP contribution in [0.2, 0.25) is 10.0 Å². The highest BCUT2D eigenvalue weighted by Gasteiger charge is 2.34. The highest BCUT2D eigenvalue weighted by atomic mass is 35.5. The lowest BCUT2D eigenvalue weighted by molar-refractivity contribution is -0.140. The zero-order valence-corrected chi connectivity index (χ0v) is 20.3. The lowest BCUT2D eigenvalue weighted by Gasteiger charge is -2.30. The first-order valence-electron chi connectivity index (χ1n) is 11.0. The molecule has 3 aromatic rings. The maximum Gasteiger partial charge on any atom is 0.419 e. The Morgan fingerprint density at radius 1 is 0.944 bits per heavy atom. The molecular formula is C26H20Cl2F4N2O2. The molecule has 0 radical (unpaired) electrons. The van der Waals surface area contributed by atoms with Gasteiger partial charge in [0.15, 0.2) is 0 Å². The van der Waals surface area contributed by atoms with Crippen molar-refractivity contribution in [2.75, 3.05) is 11.9 Å². The minimum absolute atomic E-state index is 0.0483. The summed E-state index contributed by atoms with van der Waals surface area (Å²) in [4.78, 5) is 27.2. The van der Waals surface area contributed by atoms with Crippen molar-refractivity contribution in [2.45, 2.75) is 32.0 Å². The number of carbonyl (C=O) groups is 2. The average Bonchev–Trinajstić information content (AvgIpc) is 2.81. The quantitative estimate of drug-likeness (QED) is 0.379. The Bertz CT molecular complexity index is 1310. The minimum Gasteiger partial charge on any atom is -0.338 e. The monoisotopic (exact) mass is 538 g/mol. The number of halogens is 6. The third-order valence-corrected chi connectivity index (χ3v) is 6.51. The van der Waals surface area contributed by atoms with Gasteiger partial charge in [-0.2, -0.15) is 13.2 Å². The van der Waals surface area contributed by atoms with Gasteiger partial charge in [-0.1, -0.05) is 47.5 Å². The number of rotatable bonds is 5. The van der Waals surface area contributed by atoms with E-state index >= 15 is 0 Å². The molecule has 0 saturated heterocycles. The van der Waals surface area contributed by atoms with E-state index < -0.39 is 23.5 Å². The Hall–Kier alpha value is -3.10. The number of alkyl halides is 3. The number of nitrogens with one attached hydrogen (secondary N) is 1. The molecule has 36 heavy (non-hydrogen) atoms. The van der Waals surface area contributed by atoms with Gasteiger partial charge < -0.3 is 10.2 Å². The average molecular weight is 539 g/mol. The summed E-state index contributed by atoms with van der Waals surface area (Å²) in [5.41, 5.74) is 1.55. The van der Waals surface area contributed by atoms with Crippen molar-refractivity contribution in [3.05, 3.63) is 98.3 Å². The Morgan fingerprint density at radius 3 is 2.31 bits per heavy atom. The lowest BCUT2D eigenvalue weighted by Crippen LogP contribution is -2.37. The first-order chi connectivity index (χ1) is 17.0. The van der Waals surface area contributed by atoms with Gasteiger partial charge in [0.25, 0.3) is 0 Å². The molecule has 1 heterocycles. The van der Waals surface area contributed by atoms with Crippen LogP contribution in [0.15, 0.2) is 54.6 Å². The minimum atomic E-state index is -4.81. The van der Waals surface area contributed by atoms with Crippen LogP contribution in [0.4, 0.5) is 23.2 Å². The molecule has 1 aliphatic rings. The Labute approximate surface area is 214 Å². The molecule has 0 atom stereocenters. The van der Waals surface area contributed by atoms with E-state index in [0.717, 1.165) is 22.8 Å². The molecule has 0 aliphatic carbocycles. The number of hydrogen-bond donors (Lipinski definition) is 1. The summed E-state index contributed by atoms with van der Waals surface area (Å²) in [6.45, 7) is 0.763. The van der Waals surface area contributed by atoms with Gasteiger partial charge in [0, 0.05) is 18.1 Å².